The Morgan fingerprint density at radius 1 is 0.300 bits per heavy atom. The number of rotatable bonds is 25. The van der Waals surface area contributed by atoms with Crippen molar-refractivity contribution in [3.63, 3.8) is 0 Å². The summed E-state index contributed by atoms with van der Waals surface area (Å²) in [6.45, 7) is 9.56. The monoisotopic (exact) mass is 422 g/mol. The molecule has 0 saturated carbocycles. The standard InChI is InChI=1S/C30H62/c1-5-7-9-10-11-12-13-14-16-19-23-27-30(4)28-24-21-18-15-17-20-22-26-29(3)25-8-6-2/h29-30H,5-28H2,1-4H3. The van der Waals surface area contributed by atoms with Crippen LogP contribution < -0.4 is 0 Å². The fraction of sp³-hybridized carbons (Fsp3) is 1.00. The second kappa shape index (κ2) is 25.3. The van der Waals surface area contributed by atoms with Crippen LogP contribution in [0.4, 0.5) is 0 Å². The molecule has 0 fully saturated rings. The largest absolute Gasteiger partial charge is 0.0654 e. The summed E-state index contributed by atoms with van der Waals surface area (Å²) in [6, 6.07) is 0. The lowest BCUT2D eigenvalue weighted by Gasteiger charge is -2.11. The van der Waals surface area contributed by atoms with Gasteiger partial charge < -0.3 is 0 Å². The highest BCUT2D eigenvalue weighted by Gasteiger charge is 2.03. The minimum absolute atomic E-state index is 0.965. The average Bonchev–Trinajstić information content (AvgIpc) is 2.74. The second-order valence-corrected chi connectivity index (χ2v) is 10.7. The van der Waals surface area contributed by atoms with Gasteiger partial charge in [-0.2, -0.15) is 0 Å². The van der Waals surface area contributed by atoms with E-state index in [4.69, 9.17) is 0 Å². The van der Waals surface area contributed by atoms with E-state index in [2.05, 4.69) is 27.7 Å². The molecular weight excluding hydrogens is 360 g/mol. The van der Waals surface area contributed by atoms with Crippen LogP contribution in [0.15, 0.2) is 0 Å². The Morgan fingerprint density at radius 2 is 0.533 bits per heavy atom. The van der Waals surface area contributed by atoms with Crippen LogP contribution in [0.1, 0.15) is 182 Å². The maximum Gasteiger partial charge on any atom is -0.0443 e. The highest BCUT2D eigenvalue weighted by atomic mass is 14.1. The van der Waals surface area contributed by atoms with E-state index in [0.29, 0.717) is 0 Å². The molecule has 0 saturated heterocycles. The molecule has 2 unspecified atom stereocenters. The highest BCUT2D eigenvalue weighted by molar-refractivity contribution is 4.57. The molecule has 0 aliphatic heterocycles. The van der Waals surface area contributed by atoms with Gasteiger partial charge in [-0.25, -0.2) is 0 Å². The van der Waals surface area contributed by atoms with Gasteiger partial charge in [0.2, 0.25) is 0 Å². The third kappa shape index (κ3) is 24.3. The van der Waals surface area contributed by atoms with Crippen molar-refractivity contribution in [2.45, 2.75) is 182 Å². The third-order valence-electron chi connectivity index (χ3n) is 7.24. The lowest BCUT2D eigenvalue weighted by atomic mass is 9.95. The van der Waals surface area contributed by atoms with Gasteiger partial charge in [-0.3, -0.25) is 0 Å². The van der Waals surface area contributed by atoms with Gasteiger partial charge in [0.05, 0.1) is 0 Å². The van der Waals surface area contributed by atoms with Crippen molar-refractivity contribution < 1.29 is 0 Å². The Kier molecular flexibility index (Phi) is 25.3. The summed E-state index contributed by atoms with van der Waals surface area (Å²) in [4.78, 5) is 0. The Hall–Kier alpha value is 0. The maximum atomic E-state index is 2.50. The van der Waals surface area contributed by atoms with Crippen LogP contribution in [0.2, 0.25) is 0 Å². The first kappa shape index (κ1) is 30.0. The first-order valence-electron chi connectivity index (χ1n) is 14.7. The Bertz CT molecular complexity index is 294. The number of hydrogen-bond acceptors (Lipinski definition) is 0. The summed E-state index contributed by atoms with van der Waals surface area (Å²) in [5.41, 5.74) is 0. The Morgan fingerprint density at radius 3 is 0.833 bits per heavy atom. The van der Waals surface area contributed by atoms with Gasteiger partial charge in [0, 0.05) is 0 Å². The molecule has 0 aromatic rings. The molecule has 0 aromatic heterocycles. The maximum absolute atomic E-state index is 2.50. The first-order valence-corrected chi connectivity index (χ1v) is 14.7. The molecular formula is C30H62. The number of hydrogen-bond donors (Lipinski definition) is 0. The molecule has 2 atom stereocenters. The molecule has 0 amide bonds. The van der Waals surface area contributed by atoms with Gasteiger partial charge in [0.25, 0.3) is 0 Å². The second-order valence-electron chi connectivity index (χ2n) is 10.7. The van der Waals surface area contributed by atoms with E-state index in [0.717, 1.165) is 11.8 Å². The van der Waals surface area contributed by atoms with Crippen LogP contribution in [0.3, 0.4) is 0 Å². The van der Waals surface area contributed by atoms with Gasteiger partial charge >= 0.3 is 0 Å². The first-order chi connectivity index (χ1) is 14.7. The quantitative estimate of drug-likeness (QED) is 0.128. The van der Waals surface area contributed by atoms with Crippen LogP contribution in [-0.2, 0) is 0 Å². The molecule has 0 bridgehead atoms. The molecule has 0 aromatic carbocycles. The molecule has 182 valence electrons. The lowest BCUT2D eigenvalue weighted by Crippen LogP contribution is -1.95. The summed E-state index contributed by atoms with van der Waals surface area (Å²) in [7, 11) is 0. The Balaban J connectivity index is 3.19. The van der Waals surface area contributed by atoms with Crippen molar-refractivity contribution >= 4 is 0 Å². The summed E-state index contributed by atoms with van der Waals surface area (Å²) in [5.74, 6) is 1.93. The summed E-state index contributed by atoms with van der Waals surface area (Å²) < 4.78 is 0. The van der Waals surface area contributed by atoms with Gasteiger partial charge in [-0.1, -0.05) is 182 Å². The van der Waals surface area contributed by atoms with E-state index < -0.39 is 0 Å². The molecule has 0 heteroatoms. The molecule has 0 aliphatic rings. The van der Waals surface area contributed by atoms with Crippen molar-refractivity contribution in [2.24, 2.45) is 11.8 Å². The average molecular weight is 423 g/mol. The topological polar surface area (TPSA) is 0 Å². The van der Waals surface area contributed by atoms with Crippen molar-refractivity contribution in [2.75, 3.05) is 0 Å². The van der Waals surface area contributed by atoms with Gasteiger partial charge in [0.1, 0.15) is 0 Å². The third-order valence-corrected chi connectivity index (χ3v) is 7.24. The van der Waals surface area contributed by atoms with Crippen LogP contribution in [0.25, 0.3) is 0 Å². The fourth-order valence-corrected chi connectivity index (χ4v) is 4.87. The molecule has 0 rings (SSSR count). The van der Waals surface area contributed by atoms with Gasteiger partial charge in [-0.15, -0.1) is 0 Å². The molecule has 0 aliphatic carbocycles. The van der Waals surface area contributed by atoms with E-state index in [-0.39, 0.29) is 0 Å². The van der Waals surface area contributed by atoms with E-state index in [1.807, 2.05) is 0 Å². The van der Waals surface area contributed by atoms with Crippen LogP contribution in [0, 0.1) is 11.8 Å². The lowest BCUT2D eigenvalue weighted by molar-refractivity contribution is 0.425. The van der Waals surface area contributed by atoms with Crippen molar-refractivity contribution in [1.29, 1.82) is 0 Å². The molecule has 0 heterocycles. The van der Waals surface area contributed by atoms with Crippen LogP contribution >= 0.6 is 0 Å². The molecule has 0 spiro atoms. The molecule has 0 radical (unpaired) electrons. The van der Waals surface area contributed by atoms with Crippen molar-refractivity contribution in [3.05, 3.63) is 0 Å². The van der Waals surface area contributed by atoms with Crippen LogP contribution in [0.5, 0.6) is 0 Å². The zero-order valence-electron chi connectivity index (χ0n) is 22.1. The van der Waals surface area contributed by atoms with E-state index in [1.54, 1.807) is 0 Å². The zero-order valence-corrected chi connectivity index (χ0v) is 22.1. The molecule has 30 heavy (non-hydrogen) atoms. The van der Waals surface area contributed by atoms with Crippen molar-refractivity contribution in [1.82, 2.24) is 0 Å². The normalized spacial score (nSPS) is 13.6. The summed E-state index contributed by atoms with van der Waals surface area (Å²) in [6.07, 6.45) is 35.2. The SMILES string of the molecule is CCCCCCCCCCCCCC(C)CCCCCCCCCC(C)CCCC. The summed E-state index contributed by atoms with van der Waals surface area (Å²) in [5, 5.41) is 0. The van der Waals surface area contributed by atoms with Crippen LogP contribution in [-0.4, -0.2) is 0 Å². The summed E-state index contributed by atoms with van der Waals surface area (Å²) >= 11 is 0. The Labute approximate surface area is 193 Å². The predicted octanol–water partition coefficient (Wildman–Crippen LogP) is 11.7. The van der Waals surface area contributed by atoms with Crippen molar-refractivity contribution in [3.8, 4) is 0 Å². The fourth-order valence-electron chi connectivity index (χ4n) is 4.87. The molecule has 0 N–H and O–H groups in total. The number of unbranched alkanes of at least 4 members (excludes halogenated alkanes) is 17. The highest BCUT2D eigenvalue weighted by Crippen LogP contribution is 2.20. The smallest absolute Gasteiger partial charge is 0.0443 e. The zero-order chi connectivity index (χ0) is 22.1. The van der Waals surface area contributed by atoms with E-state index >= 15 is 0 Å². The predicted molar refractivity (Wildman–Crippen MR) is 140 cm³/mol. The molecule has 0 nitrogen and oxygen atoms in total. The van der Waals surface area contributed by atoms with Gasteiger partial charge in [0.15, 0.2) is 0 Å². The minimum Gasteiger partial charge on any atom is -0.0654 e. The minimum atomic E-state index is 0.965. The van der Waals surface area contributed by atoms with E-state index in [9.17, 15) is 0 Å². The van der Waals surface area contributed by atoms with E-state index in [1.165, 1.54) is 154 Å². The van der Waals surface area contributed by atoms with Gasteiger partial charge in [-0.05, 0) is 11.8 Å².